The number of pyridine rings is 2. The molecule has 3 unspecified atom stereocenters. The van der Waals surface area contributed by atoms with Crippen LogP contribution in [0.5, 0.6) is 0 Å². The second kappa shape index (κ2) is 15.2. The van der Waals surface area contributed by atoms with Crippen LogP contribution in [0, 0.1) is 11.8 Å². The van der Waals surface area contributed by atoms with Crippen LogP contribution in [0.25, 0.3) is 22.5 Å². The second-order valence-corrected chi connectivity index (χ2v) is 15.5. The molecule has 0 amide bonds. The number of aliphatic hydroxyl groups is 1. The molecule has 4 fully saturated rings. The normalized spacial score (nSPS) is 22.9. The number of imidazole rings is 2. The number of Topliss-reactive ketones (excluding diaryl/α,β-unsaturated/α-hetero) is 1. The average molecular weight is 680 g/mol. The van der Waals surface area contributed by atoms with E-state index in [2.05, 4.69) is 43.4 Å². The molecule has 0 aromatic carbocycles. The largest absolute Gasteiger partial charge is 1.00 e. The standard InChI is InChI=1S/C20H25N3O.C20H23N3O.B.Na.H/c2*24-19(14-4-2-1-3-5-14)10-17-20-15(18-11-21-12-23(17)18)8-9-16(22-20)13-6-7-13;;;/h8-9,11-14,17,19,24H,1-7,10H2;8-9,11-14,17H,1-7,10H2;;;/q;;;+1;-1. The Morgan fingerprint density at radius 1 is 0.720 bits per heavy atom. The zero-order chi connectivity index (χ0) is 32.2. The number of aliphatic hydroxyl groups excluding tert-OH is 1. The van der Waals surface area contributed by atoms with Crippen molar-refractivity contribution in [3.63, 3.8) is 0 Å². The maximum atomic E-state index is 12.9. The molecule has 2 aliphatic heterocycles. The topological polar surface area (TPSA) is 98.7 Å². The Bertz CT molecular complexity index is 1810. The molecule has 4 aromatic rings. The van der Waals surface area contributed by atoms with Crippen LogP contribution in [0.3, 0.4) is 0 Å². The van der Waals surface area contributed by atoms with Gasteiger partial charge in [0.25, 0.3) is 0 Å². The van der Waals surface area contributed by atoms with Crippen LogP contribution in [0.2, 0.25) is 0 Å². The minimum absolute atomic E-state index is 0. The van der Waals surface area contributed by atoms with Gasteiger partial charge in [0.15, 0.2) is 0 Å². The number of fused-ring (bicyclic) bond motifs is 6. The van der Waals surface area contributed by atoms with Crippen molar-refractivity contribution in [1.82, 2.24) is 29.1 Å². The van der Waals surface area contributed by atoms with Gasteiger partial charge in [-0.05, 0) is 81.5 Å². The number of aromatic nitrogens is 6. The fourth-order valence-corrected chi connectivity index (χ4v) is 9.06. The fraction of sp³-hybridized carbons (Fsp3) is 0.575. The molecular formula is C40H49BN6NaO2. The van der Waals surface area contributed by atoms with E-state index in [4.69, 9.17) is 9.97 Å². The van der Waals surface area contributed by atoms with E-state index in [-0.39, 0.29) is 63.5 Å². The summed E-state index contributed by atoms with van der Waals surface area (Å²) in [4.78, 5) is 31.5. The van der Waals surface area contributed by atoms with Crippen molar-refractivity contribution < 1.29 is 40.9 Å². The van der Waals surface area contributed by atoms with E-state index in [1.165, 1.54) is 99.6 Å². The Labute approximate surface area is 321 Å². The molecule has 255 valence electrons. The minimum atomic E-state index is -0.233. The zero-order valence-corrected chi connectivity index (χ0v) is 31.6. The molecular weight excluding hydrogens is 630 g/mol. The molecule has 0 saturated heterocycles. The third-order valence-corrected chi connectivity index (χ3v) is 12.2. The van der Waals surface area contributed by atoms with Crippen LogP contribution in [0.1, 0.15) is 151 Å². The van der Waals surface area contributed by atoms with Crippen molar-refractivity contribution in [2.45, 2.75) is 133 Å². The van der Waals surface area contributed by atoms with Crippen molar-refractivity contribution in [3.05, 3.63) is 72.1 Å². The smallest absolute Gasteiger partial charge is 1.00 e. The predicted octanol–water partition coefficient (Wildman–Crippen LogP) is 5.06. The maximum absolute atomic E-state index is 12.9. The SMILES string of the molecule is O=C(CC1c2nc(C3CC3)ccc2-c2cncn21)C1CCCCC1.OC(CC1c2nc(C3CC3)ccc2-c2cncn21)C1CCCCC1.[B].[H-].[Na+]. The summed E-state index contributed by atoms with van der Waals surface area (Å²) in [5.74, 6) is 2.45. The van der Waals surface area contributed by atoms with Gasteiger partial charge < -0.3 is 15.7 Å². The summed E-state index contributed by atoms with van der Waals surface area (Å²) in [6.07, 6.45) is 25.8. The van der Waals surface area contributed by atoms with E-state index in [0.29, 0.717) is 30.0 Å². The fourth-order valence-electron chi connectivity index (χ4n) is 9.06. The first-order valence-corrected chi connectivity index (χ1v) is 18.9. The summed E-state index contributed by atoms with van der Waals surface area (Å²) in [7, 11) is 0. The van der Waals surface area contributed by atoms with E-state index >= 15 is 0 Å². The van der Waals surface area contributed by atoms with Gasteiger partial charge in [-0.25, -0.2) is 9.97 Å². The quantitative estimate of drug-likeness (QED) is 0.262. The van der Waals surface area contributed by atoms with Gasteiger partial charge in [-0.3, -0.25) is 14.8 Å². The molecule has 4 saturated carbocycles. The number of nitrogens with zero attached hydrogens (tertiary/aromatic N) is 6. The molecule has 3 radical (unpaired) electrons. The third-order valence-electron chi connectivity index (χ3n) is 12.2. The molecule has 10 rings (SSSR count). The van der Waals surface area contributed by atoms with Gasteiger partial charge in [-0.1, -0.05) is 38.5 Å². The van der Waals surface area contributed by atoms with Crippen LogP contribution in [-0.2, 0) is 4.79 Å². The molecule has 0 spiro atoms. The van der Waals surface area contributed by atoms with Crippen molar-refractivity contribution in [2.24, 2.45) is 11.8 Å². The van der Waals surface area contributed by atoms with Gasteiger partial charge in [0, 0.05) is 61.5 Å². The molecule has 4 aromatic heterocycles. The van der Waals surface area contributed by atoms with Gasteiger partial charge in [0.05, 0.1) is 66.0 Å². The van der Waals surface area contributed by atoms with Gasteiger partial charge in [-0.2, -0.15) is 0 Å². The van der Waals surface area contributed by atoms with E-state index < -0.39 is 0 Å². The molecule has 50 heavy (non-hydrogen) atoms. The Morgan fingerprint density at radius 3 is 1.76 bits per heavy atom. The van der Waals surface area contributed by atoms with Gasteiger partial charge in [0.2, 0.25) is 0 Å². The molecule has 8 nitrogen and oxygen atoms in total. The third kappa shape index (κ3) is 6.96. The Balaban J connectivity index is 0.000000166. The van der Waals surface area contributed by atoms with Crippen molar-refractivity contribution in [2.75, 3.05) is 0 Å². The van der Waals surface area contributed by atoms with E-state index in [1.54, 1.807) is 0 Å². The monoisotopic (exact) mass is 679 g/mol. The van der Waals surface area contributed by atoms with E-state index in [9.17, 15) is 9.90 Å². The van der Waals surface area contributed by atoms with Gasteiger partial charge >= 0.3 is 29.6 Å². The summed E-state index contributed by atoms with van der Waals surface area (Å²) in [5, 5.41) is 10.9. The van der Waals surface area contributed by atoms with Crippen molar-refractivity contribution in [3.8, 4) is 22.5 Å². The van der Waals surface area contributed by atoms with Crippen LogP contribution in [0.15, 0.2) is 49.3 Å². The number of carbonyl (C=O) groups is 1. The summed E-state index contributed by atoms with van der Waals surface area (Å²) in [6.45, 7) is 0. The van der Waals surface area contributed by atoms with Crippen LogP contribution in [-0.4, -0.2) is 54.5 Å². The molecule has 10 heteroatoms. The molecule has 3 atom stereocenters. The number of rotatable bonds is 8. The number of hydrogen-bond donors (Lipinski definition) is 1. The molecule has 1 N–H and O–H groups in total. The number of ketones is 1. The first-order chi connectivity index (χ1) is 23.6. The van der Waals surface area contributed by atoms with Gasteiger partial charge in [-0.15, -0.1) is 0 Å². The average Bonchev–Trinajstić information content (AvgIpc) is 4.02. The van der Waals surface area contributed by atoms with Crippen LogP contribution >= 0.6 is 0 Å². The summed E-state index contributed by atoms with van der Waals surface area (Å²) in [6, 6.07) is 8.96. The Morgan fingerprint density at radius 2 is 1.22 bits per heavy atom. The van der Waals surface area contributed by atoms with E-state index in [0.717, 1.165) is 42.0 Å². The van der Waals surface area contributed by atoms with Crippen LogP contribution in [0.4, 0.5) is 0 Å². The van der Waals surface area contributed by atoms with Crippen LogP contribution < -0.4 is 29.6 Å². The molecule has 6 aliphatic rings. The zero-order valence-electron chi connectivity index (χ0n) is 30.6. The van der Waals surface area contributed by atoms with Crippen molar-refractivity contribution >= 4 is 14.2 Å². The molecule has 0 bridgehead atoms. The maximum Gasteiger partial charge on any atom is 1.00 e. The Kier molecular flexibility index (Phi) is 10.9. The minimum Gasteiger partial charge on any atom is -1.00 e. The predicted molar refractivity (Wildman–Crippen MR) is 191 cm³/mol. The van der Waals surface area contributed by atoms with Gasteiger partial charge in [0.1, 0.15) is 5.78 Å². The first kappa shape index (κ1) is 35.8. The molecule has 4 aliphatic carbocycles. The summed E-state index contributed by atoms with van der Waals surface area (Å²) < 4.78 is 4.38. The summed E-state index contributed by atoms with van der Waals surface area (Å²) in [5.41, 5.74) is 9.35. The second-order valence-electron chi connectivity index (χ2n) is 15.5. The summed E-state index contributed by atoms with van der Waals surface area (Å²) >= 11 is 0. The Hall–Kier alpha value is -2.59. The number of carbonyl (C=O) groups excluding carboxylic acids is 1. The van der Waals surface area contributed by atoms with Crippen molar-refractivity contribution in [1.29, 1.82) is 0 Å². The van der Waals surface area contributed by atoms with E-state index in [1.807, 2.05) is 25.0 Å². The molecule has 6 heterocycles. The number of hydrogen-bond acceptors (Lipinski definition) is 6. The first-order valence-electron chi connectivity index (χ1n) is 18.9.